The number of hydrogen-bond acceptors (Lipinski definition) is 1. The highest BCUT2D eigenvalue weighted by molar-refractivity contribution is 6.33. The Morgan fingerprint density at radius 3 is 2.25 bits per heavy atom. The van der Waals surface area contributed by atoms with Gasteiger partial charge in [-0.2, -0.15) is 0 Å². The summed E-state index contributed by atoms with van der Waals surface area (Å²) >= 11 is 6.08. The number of Topliss-reactive ketones (excluding diaryl/α,β-unsaturated/α-hetero) is 1. The van der Waals surface area contributed by atoms with Gasteiger partial charge in [-0.05, 0) is 24.2 Å². The summed E-state index contributed by atoms with van der Waals surface area (Å²) in [5.74, 6) is 0.696. The molecule has 1 nitrogen and oxygen atoms in total. The molecule has 1 unspecified atom stereocenters. The summed E-state index contributed by atoms with van der Waals surface area (Å²) in [7, 11) is 0. The second-order valence-corrected chi connectivity index (χ2v) is 5.44. The van der Waals surface area contributed by atoms with Crippen LogP contribution in [0.5, 0.6) is 0 Å². The summed E-state index contributed by atoms with van der Waals surface area (Å²) in [6.07, 6.45) is 2.16. The zero-order valence-corrected chi connectivity index (χ0v) is 8.61. The standard InChI is InChI=1S/C10H15ClO/c1-9(2)6-4-5-10(9,3)8(12)7(6)11/h6-7H,4-5H2,1-3H3/t6-,7?,10+/m1/s1. The van der Waals surface area contributed by atoms with Crippen LogP contribution in [-0.4, -0.2) is 11.2 Å². The lowest BCUT2D eigenvalue weighted by Gasteiger charge is -2.32. The predicted octanol–water partition coefficient (Wildman–Crippen LogP) is 2.62. The summed E-state index contributed by atoms with van der Waals surface area (Å²) in [6.45, 7) is 6.45. The average Bonchev–Trinajstić information content (AvgIpc) is 2.26. The Kier molecular flexibility index (Phi) is 1.47. The normalized spacial score (nSPS) is 50.2. The van der Waals surface area contributed by atoms with Gasteiger partial charge in [0.05, 0.1) is 5.38 Å². The molecule has 2 fully saturated rings. The van der Waals surface area contributed by atoms with Crippen LogP contribution in [0.4, 0.5) is 0 Å². The Morgan fingerprint density at radius 1 is 1.42 bits per heavy atom. The summed E-state index contributed by atoms with van der Waals surface area (Å²) in [5.41, 5.74) is -0.0133. The van der Waals surface area contributed by atoms with Crippen LogP contribution in [0.2, 0.25) is 0 Å². The Morgan fingerprint density at radius 2 is 2.00 bits per heavy atom. The first-order valence-electron chi connectivity index (χ1n) is 4.59. The number of alkyl halides is 1. The van der Waals surface area contributed by atoms with E-state index in [0.717, 1.165) is 12.8 Å². The zero-order valence-electron chi connectivity index (χ0n) is 7.86. The maximum Gasteiger partial charge on any atom is 0.157 e. The zero-order chi connectivity index (χ0) is 9.15. The summed E-state index contributed by atoms with van der Waals surface area (Å²) in [5, 5.41) is -0.209. The van der Waals surface area contributed by atoms with Crippen LogP contribution in [-0.2, 0) is 4.79 Å². The van der Waals surface area contributed by atoms with Gasteiger partial charge in [-0.3, -0.25) is 4.79 Å². The largest absolute Gasteiger partial charge is 0.297 e. The minimum atomic E-state index is -0.209. The molecule has 0 spiro atoms. The first kappa shape index (κ1) is 8.55. The van der Waals surface area contributed by atoms with E-state index in [4.69, 9.17) is 11.6 Å². The molecule has 0 N–H and O–H groups in total. The number of hydrogen-bond donors (Lipinski definition) is 0. The highest BCUT2D eigenvalue weighted by Crippen LogP contribution is 2.64. The van der Waals surface area contributed by atoms with E-state index in [-0.39, 0.29) is 22.0 Å². The number of fused-ring (bicyclic) bond motifs is 2. The van der Waals surface area contributed by atoms with Crippen molar-refractivity contribution in [3.63, 3.8) is 0 Å². The number of carbonyl (C=O) groups excluding carboxylic acids is 1. The van der Waals surface area contributed by atoms with E-state index >= 15 is 0 Å². The van der Waals surface area contributed by atoms with Gasteiger partial charge in [-0.25, -0.2) is 0 Å². The molecule has 0 radical (unpaired) electrons. The smallest absolute Gasteiger partial charge is 0.157 e. The SMILES string of the molecule is CC1(C)[C@@H]2CC[C@@]1(C)C(=O)C2Cl. The van der Waals surface area contributed by atoms with Crippen LogP contribution >= 0.6 is 11.6 Å². The van der Waals surface area contributed by atoms with Crippen molar-refractivity contribution in [2.24, 2.45) is 16.7 Å². The van der Waals surface area contributed by atoms with Crippen molar-refractivity contribution < 1.29 is 4.79 Å². The molecule has 0 aromatic rings. The lowest BCUT2D eigenvalue weighted by atomic mass is 9.70. The Labute approximate surface area is 78.5 Å². The van der Waals surface area contributed by atoms with E-state index in [1.54, 1.807) is 0 Å². The van der Waals surface area contributed by atoms with Crippen molar-refractivity contribution in [3.8, 4) is 0 Å². The fourth-order valence-electron chi connectivity index (χ4n) is 2.98. The number of halogens is 1. The highest BCUT2D eigenvalue weighted by Gasteiger charge is 2.65. The number of rotatable bonds is 0. The Hall–Kier alpha value is -0.0400. The molecule has 0 aromatic heterocycles. The monoisotopic (exact) mass is 186 g/mol. The fourth-order valence-corrected chi connectivity index (χ4v) is 3.66. The van der Waals surface area contributed by atoms with Crippen molar-refractivity contribution in [1.29, 1.82) is 0 Å². The molecule has 3 atom stereocenters. The van der Waals surface area contributed by atoms with Gasteiger partial charge in [0.2, 0.25) is 0 Å². The summed E-state index contributed by atoms with van der Waals surface area (Å²) < 4.78 is 0. The van der Waals surface area contributed by atoms with E-state index in [9.17, 15) is 4.79 Å². The van der Waals surface area contributed by atoms with Crippen molar-refractivity contribution in [1.82, 2.24) is 0 Å². The lowest BCUT2D eigenvalue weighted by Crippen LogP contribution is -2.33. The minimum Gasteiger partial charge on any atom is -0.297 e. The third-order valence-corrected chi connectivity index (χ3v) is 4.95. The lowest BCUT2D eigenvalue weighted by molar-refractivity contribution is -0.127. The predicted molar refractivity (Wildman–Crippen MR) is 49.3 cm³/mol. The van der Waals surface area contributed by atoms with Gasteiger partial charge in [-0.1, -0.05) is 20.8 Å². The molecule has 2 saturated carbocycles. The van der Waals surface area contributed by atoms with Crippen molar-refractivity contribution in [2.45, 2.75) is 39.0 Å². The van der Waals surface area contributed by atoms with Crippen molar-refractivity contribution in [3.05, 3.63) is 0 Å². The first-order valence-corrected chi connectivity index (χ1v) is 5.03. The number of ketones is 1. The maximum atomic E-state index is 11.8. The van der Waals surface area contributed by atoms with Crippen molar-refractivity contribution in [2.75, 3.05) is 0 Å². The minimum absolute atomic E-state index is 0.122. The van der Waals surface area contributed by atoms with E-state index in [0.29, 0.717) is 5.92 Å². The molecule has 12 heavy (non-hydrogen) atoms. The molecule has 0 aliphatic heterocycles. The van der Waals surface area contributed by atoms with Crippen LogP contribution in [0.1, 0.15) is 33.6 Å². The molecule has 2 aliphatic carbocycles. The van der Waals surface area contributed by atoms with Crippen LogP contribution in [0.25, 0.3) is 0 Å². The molecular weight excluding hydrogens is 172 g/mol. The van der Waals surface area contributed by atoms with Gasteiger partial charge in [0.1, 0.15) is 0 Å². The summed E-state index contributed by atoms with van der Waals surface area (Å²) in [4.78, 5) is 11.8. The first-order chi connectivity index (χ1) is 5.41. The molecule has 0 heterocycles. The van der Waals surface area contributed by atoms with Crippen LogP contribution in [0, 0.1) is 16.7 Å². The van der Waals surface area contributed by atoms with Crippen LogP contribution in [0.3, 0.4) is 0 Å². The quantitative estimate of drug-likeness (QED) is 0.532. The molecule has 0 amide bonds. The van der Waals surface area contributed by atoms with Gasteiger partial charge < -0.3 is 0 Å². The van der Waals surface area contributed by atoms with E-state index in [2.05, 4.69) is 20.8 Å². The molecule has 68 valence electrons. The topological polar surface area (TPSA) is 17.1 Å². The molecule has 2 rings (SSSR count). The van der Waals surface area contributed by atoms with E-state index < -0.39 is 0 Å². The third kappa shape index (κ3) is 0.654. The third-order valence-electron chi connectivity index (χ3n) is 4.45. The van der Waals surface area contributed by atoms with Gasteiger partial charge in [0.25, 0.3) is 0 Å². The average molecular weight is 187 g/mol. The Bertz CT molecular complexity index is 246. The molecule has 0 saturated heterocycles. The van der Waals surface area contributed by atoms with E-state index in [1.165, 1.54) is 0 Å². The highest BCUT2D eigenvalue weighted by atomic mass is 35.5. The second-order valence-electron chi connectivity index (χ2n) is 4.96. The second kappa shape index (κ2) is 2.06. The van der Waals surface area contributed by atoms with Gasteiger partial charge in [0.15, 0.2) is 5.78 Å². The maximum absolute atomic E-state index is 11.8. The van der Waals surface area contributed by atoms with Gasteiger partial charge in [-0.15, -0.1) is 11.6 Å². The van der Waals surface area contributed by atoms with Crippen LogP contribution < -0.4 is 0 Å². The van der Waals surface area contributed by atoms with Gasteiger partial charge in [0, 0.05) is 5.41 Å². The molecule has 2 aliphatic rings. The number of carbonyl (C=O) groups is 1. The molecule has 0 aromatic carbocycles. The molecule has 2 bridgehead atoms. The van der Waals surface area contributed by atoms with Crippen molar-refractivity contribution >= 4 is 17.4 Å². The fraction of sp³-hybridized carbons (Fsp3) is 0.900. The Balaban J connectivity index is 2.50. The van der Waals surface area contributed by atoms with Crippen LogP contribution in [0.15, 0.2) is 0 Å². The van der Waals surface area contributed by atoms with E-state index in [1.807, 2.05) is 0 Å². The molecule has 2 heteroatoms. The molecular formula is C10H15ClO. The van der Waals surface area contributed by atoms with Gasteiger partial charge >= 0.3 is 0 Å². The summed E-state index contributed by atoms with van der Waals surface area (Å²) in [6, 6.07) is 0.